The standard InChI is InChI=1S/C12H24N2O2/c1-4-5-9(2)13-12(16)10(3)14-7-6-11(15)8-14/h9-11,15H,4-8H2,1-3H3,(H,13,16)/t9?,10?,11-/m1/s1. The number of aliphatic hydroxyl groups excluding tert-OH is 1. The number of aliphatic hydroxyl groups is 1. The molecule has 1 fully saturated rings. The highest BCUT2D eigenvalue weighted by Crippen LogP contribution is 2.12. The molecule has 1 amide bonds. The van der Waals surface area contributed by atoms with Gasteiger partial charge in [-0.15, -0.1) is 0 Å². The van der Waals surface area contributed by atoms with Gasteiger partial charge >= 0.3 is 0 Å². The Balaban J connectivity index is 2.35. The summed E-state index contributed by atoms with van der Waals surface area (Å²) in [6, 6.07) is 0.115. The number of likely N-dealkylation sites (tertiary alicyclic amines) is 1. The molecule has 4 nitrogen and oxygen atoms in total. The van der Waals surface area contributed by atoms with Crippen LogP contribution in [0.1, 0.15) is 40.0 Å². The van der Waals surface area contributed by atoms with E-state index in [1.807, 2.05) is 18.7 Å². The van der Waals surface area contributed by atoms with Crippen LogP contribution < -0.4 is 5.32 Å². The van der Waals surface area contributed by atoms with Crippen LogP contribution in [-0.4, -0.2) is 47.2 Å². The summed E-state index contributed by atoms with van der Waals surface area (Å²) in [7, 11) is 0. The summed E-state index contributed by atoms with van der Waals surface area (Å²) in [5.41, 5.74) is 0. The van der Waals surface area contributed by atoms with E-state index in [0.717, 1.165) is 25.8 Å². The molecule has 1 aliphatic heterocycles. The van der Waals surface area contributed by atoms with E-state index in [-0.39, 0.29) is 24.1 Å². The van der Waals surface area contributed by atoms with Crippen molar-refractivity contribution in [2.24, 2.45) is 0 Å². The van der Waals surface area contributed by atoms with Crippen LogP contribution in [0.2, 0.25) is 0 Å². The van der Waals surface area contributed by atoms with Crippen molar-refractivity contribution in [3.05, 3.63) is 0 Å². The van der Waals surface area contributed by atoms with Crippen molar-refractivity contribution < 1.29 is 9.90 Å². The monoisotopic (exact) mass is 228 g/mol. The van der Waals surface area contributed by atoms with Gasteiger partial charge in [-0.3, -0.25) is 9.69 Å². The first-order chi connectivity index (χ1) is 7.54. The number of hydrogen-bond acceptors (Lipinski definition) is 3. The van der Waals surface area contributed by atoms with Gasteiger partial charge in [-0.05, 0) is 26.7 Å². The summed E-state index contributed by atoms with van der Waals surface area (Å²) in [4.78, 5) is 13.9. The minimum Gasteiger partial charge on any atom is -0.392 e. The molecule has 0 radical (unpaired) electrons. The Morgan fingerprint density at radius 1 is 1.56 bits per heavy atom. The van der Waals surface area contributed by atoms with Gasteiger partial charge in [0.2, 0.25) is 5.91 Å². The van der Waals surface area contributed by atoms with E-state index in [1.54, 1.807) is 0 Å². The van der Waals surface area contributed by atoms with E-state index in [0.29, 0.717) is 6.54 Å². The van der Waals surface area contributed by atoms with Crippen LogP contribution >= 0.6 is 0 Å². The van der Waals surface area contributed by atoms with Gasteiger partial charge in [-0.2, -0.15) is 0 Å². The van der Waals surface area contributed by atoms with Crippen LogP contribution in [-0.2, 0) is 4.79 Å². The number of carbonyl (C=O) groups excluding carboxylic acids is 1. The zero-order valence-electron chi connectivity index (χ0n) is 10.6. The van der Waals surface area contributed by atoms with E-state index in [2.05, 4.69) is 12.2 Å². The largest absolute Gasteiger partial charge is 0.392 e. The lowest BCUT2D eigenvalue weighted by atomic mass is 10.2. The predicted molar refractivity (Wildman–Crippen MR) is 64.2 cm³/mol. The first-order valence-corrected chi connectivity index (χ1v) is 6.27. The van der Waals surface area contributed by atoms with E-state index >= 15 is 0 Å². The summed E-state index contributed by atoms with van der Waals surface area (Å²) in [6.45, 7) is 7.50. The SMILES string of the molecule is CCCC(C)NC(=O)C(C)N1CC[C@@H](O)C1. The Kier molecular flexibility index (Phi) is 5.22. The molecule has 2 N–H and O–H groups in total. The van der Waals surface area contributed by atoms with E-state index in [9.17, 15) is 9.90 Å². The van der Waals surface area contributed by atoms with Gasteiger partial charge in [0.05, 0.1) is 12.1 Å². The Morgan fingerprint density at radius 2 is 2.25 bits per heavy atom. The maximum atomic E-state index is 11.9. The molecule has 3 atom stereocenters. The minimum absolute atomic E-state index is 0.0788. The zero-order valence-corrected chi connectivity index (χ0v) is 10.6. The van der Waals surface area contributed by atoms with Crippen molar-refractivity contribution in [1.29, 1.82) is 0 Å². The molecule has 1 heterocycles. The van der Waals surface area contributed by atoms with Crippen molar-refractivity contribution in [3.63, 3.8) is 0 Å². The van der Waals surface area contributed by atoms with Crippen LogP contribution in [0, 0.1) is 0 Å². The number of β-amino-alcohol motifs (C(OH)–C–C–N with tert-alkyl or cyclic N) is 1. The van der Waals surface area contributed by atoms with Crippen LogP contribution in [0.4, 0.5) is 0 Å². The second-order valence-electron chi connectivity index (χ2n) is 4.81. The van der Waals surface area contributed by atoms with E-state index in [1.165, 1.54) is 0 Å². The molecular formula is C12H24N2O2. The molecule has 0 spiro atoms. The minimum atomic E-state index is -0.261. The zero-order chi connectivity index (χ0) is 12.1. The third kappa shape index (κ3) is 3.76. The summed E-state index contributed by atoms with van der Waals surface area (Å²) in [6.07, 6.45) is 2.62. The first-order valence-electron chi connectivity index (χ1n) is 6.27. The molecule has 16 heavy (non-hydrogen) atoms. The van der Waals surface area contributed by atoms with Crippen molar-refractivity contribution in [2.45, 2.75) is 58.2 Å². The maximum Gasteiger partial charge on any atom is 0.237 e. The Morgan fingerprint density at radius 3 is 2.75 bits per heavy atom. The Bertz CT molecular complexity index is 233. The van der Waals surface area contributed by atoms with Gasteiger partial charge in [-0.1, -0.05) is 13.3 Å². The molecule has 0 saturated carbocycles. The summed E-state index contributed by atoms with van der Waals surface area (Å²) in [5, 5.41) is 12.4. The van der Waals surface area contributed by atoms with Crippen LogP contribution in [0.15, 0.2) is 0 Å². The highest BCUT2D eigenvalue weighted by molar-refractivity contribution is 5.81. The predicted octanol–water partition coefficient (Wildman–Crippen LogP) is 0.746. The fourth-order valence-corrected chi connectivity index (χ4v) is 2.15. The number of carbonyl (C=O) groups is 1. The fourth-order valence-electron chi connectivity index (χ4n) is 2.15. The topological polar surface area (TPSA) is 52.6 Å². The number of rotatable bonds is 5. The summed E-state index contributed by atoms with van der Waals surface area (Å²) < 4.78 is 0. The third-order valence-electron chi connectivity index (χ3n) is 3.23. The molecular weight excluding hydrogens is 204 g/mol. The van der Waals surface area contributed by atoms with Crippen LogP contribution in [0.3, 0.4) is 0 Å². The highest BCUT2D eigenvalue weighted by Gasteiger charge is 2.28. The van der Waals surface area contributed by atoms with E-state index < -0.39 is 0 Å². The van der Waals surface area contributed by atoms with Gasteiger partial charge in [0.1, 0.15) is 0 Å². The molecule has 1 aliphatic rings. The van der Waals surface area contributed by atoms with Crippen molar-refractivity contribution in [3.8, 4) is 0 Å². The molecule has 1 saturated heterocycles. The smallest absolute Gasteiger partial charge is 0.237 e. The second kappa shape index (κ2) is 6.21. The van der Waals surface area contributed by atoms with Gasteiger partial charge in [0.25, 0.3) is 0 Å². The van der Waals surface area contributed by atoms with Gasteiger partial charge in [-0.25, -0.2) is 0 Å². The highest BCUT2D eigenvalue weighted by atomic mass is 16.3. The second-order valence-corrected chi connectivity index (χ2v) is 4.81. The van der Waals surface area contributed by atoms with Crippen molar-refractivity contribution in [2.75, 3.05) is 13.1 Å². The molecule has 1 rings (SSSR count). The maximum absolute atomic E-state index is 11.9. The fraction of sp³-hybridized carbons (Fsp3) is 0.917. The summed E-state index contributed by atoms with van der Waals surface area (Å²) in [5.74, 6) is 0.0788. The molecule has 0 aromatic rings. The molecule has 0 bridgehead atoms. The third-order valence-corrected chi connectivity index (χ3v) is 3.23. The number of hydrogen-bond donors (Lipinski definition) is 2. The molecule has 0 aromatic carbocycles. The Labute approximate surface area is 98.0 Å². The lowest BCUT2D eigenvalue weighted by Crippen LogP contribution is -2.47. The molecule has 0 aliphatic carbocycles. The van der Waals surface area contributed by atoms with E-state index in [4.69, 9.17) is 0 Å². The average molecular weight is 228 g/mol. The number of amides is 1. The first kappa shape index (κ1) is 13.5. The number of nitrogens with zero attached hydrogens (tertiary/aromatic N) is 1. The van der Waals surface area contributed by atoms with Gasteiger partial charge in [0.15, 0.2) is 0 Å². The Hall–Kier alpha value is -0.610. The average Bonchev–Trinajstić information content (AvgIpc) is 2.64. The van der Waals surface area contributed by atoms with Gasteiger partial charge < -0.3 is 10.4 Å². The molecule has 0 aromatic heterocycles. The number of nitrogens with one attached hydrogen (secondary N) is 1. The van der Waals surface area contributed by atoms with Crippen molar-refractivity contribution in [1.82, 2.24) is 10.2 Å². The van der Waals surface area contributed by atoms with Crippen LogP contribution in [0.25, 0.3) is 0 Å². The normalized spacial score (nSPS) is 25.4. The summed E-state index contributed by atoms with van der Waals surface area (Å²) >= 11 is 0. The van der Waals surface area contributed by atoms with Crippen molar-refractivity contribution >= 4 is 5.91 Å². The molecule has 2 unspecified atom stereocenters. The lowest BCUT2D eigenvalue weighted by molar-refractivity contribution is -0.126. The molecule has 94 valence electrons. The quantitative estimate of drug-likeness (QED) is 0.730. The van der Waals surface area contributed by atoms with Gasteiger partial charge in [0, 0.05) is 19.1 Å². The molecule has 4 heteroatoms. The lowest BCUT2D eigenvalue weighted by Gasteiger charge is -2.24. The van der Waals surface area contributed by atoms with Crippen LogP contribution in [0.5, 0.6) is 0 Å².